The van der Waals surface area contributed by atoms with Crippen LogP contribution in [0.4, 0.5) is 17.1 Å². The minimum absolute atomic E-state index is 0.0247. The summed E-state index contributed by atoms with van der Waals surface area (Å²) in [5.74, 6) is 0.0247. The third kappa shape index (κ3) is 2.04. The van der Waals surface area contributed by atoms with Gasteiger partial charge < -0.3 is 10.2 Å². The van der Waals surface area contributed by atoms with Crippen LogP contribution < -0.4 is 10.2 Å². The van der Waals surface area contributed by atoms with Crippen molar-refractivity contribution in [1.29, 1.82) is 0 Å². The van der Waals surface area contributed by atoms with Gasteiger partial charge in [-0.05, 0) is 19.1 Å². The largest absolute Gasteiger partial charge is 0.352 e. The summed E-state index contributed by atoms with van der Waals surface area (Å²) < 4.78 is 0. The molecule has 3 nitrogen and oxygen atoms in total. The summed E-state index contributed by atoms with van der Waals surface area (Å²) in [4.78, 5) is 14.4. The maximum absolute atomic E-state index is 12.6. The van der Waals surface area contributed by atoms with Crippen LogP contribution in [0.2, 0.25) is 0 Å². The van der Waals surface area contributed by atoms with Gasteiger partial charge in [0.15, 0.2) is 0 Å². The molecule has 0 unspecified atom stereocenters. The third-order valence-corrected chi connectivity index (χ3v) is 3.77. The molecule has 1 aliphatic heterocycles. The number of nitrogens with zero attached hydrogens (tertiary/aromatic N) is 1. The Bertz CT molecular complexity index is 660. The summed E-state index contributed by atoms with van der Waals surface area (Å²) in [7, 11) is 0. The molecule has 0 atom stereocenters. The monoisotopic (exact) mass is 270 g/mol. The molecule has 1 N–H and O–H groups in total. The van der Waals surface area contributed by atoms with E-state index >= 15 is 0 Å². The van der Waals surface area contributed by atoms with E-state index in [-0.39, 0.29) is 5.91 Å². The van der Waals surface area contributed by atoms with E-state index in [1.165, 1.54) is 11.3 Å². The highest BCUT2D eigenvalue weighted by Crippen LogP contribution is 2.37. The van der Waals surface area contributed by atoms with E-state index in [0.717, 1.165) is 28.2 Å². The molecule has 0 spiro atoms. The second-order valence-electron chi connectivity index (χ2n) is 4.69. The first-order chi connectivity index (χ1) is 9.16. The Hall–Kier alpha value is -2.07. The Labute approximate surface area is 116 Å². The third-order valence-electron chi connectivity index (χ3n) is 3.03. The molecule has 0 bridgehead atoms. The standard InChI is InChI=1S/C15H14N2OS/c1-10(2)7-17-14-6-4-3-5-12(14)16-13-9-19-8-11(13)15(17)18/h3-6,8-9,16H,1,7H2,2H3. The normalized spacial score (nSPS) is 13.3. The Balaban J connectivity index is 2.16. The number of thiophene rings is 1. The maximum atomic E-state index is 12.6. The number of para-hydroxylation sites is 2. The van der Waals surface area contributed by atoms with Crippen LogP contribution in [0.1, 0.15) is 17.3 Å². The highest BCUT2D eigenvalue weighted by molar-refractivity contribution is 7.08. The zero-order valence-corrected chi connectivity index (χ0v) is 11.5. The van der Waals surface area contributed by atoms with E-state index in [2.05, 4.69) is 11.9 Å². The molecule has 0 fully saturated rings. The second kappa shape index (κ2) is 4.55. The van der Waals surface area contributed by atoms with Gasteiger partial charge in [-0.3, -0.25) is 4.79 Å². The van der Waals surface area contributed by atoms with E-state index in [9.17, 15) is 4.79 Å². The summed E-state index contributed by atoms with van der Waals surface area (Å²) in [5, 5.41) is 7.19. The highest BCUT2D eigenvalue weighted by atomic mass is 32.1. The lowest BCUT2D eigenvalue weighted by Crippen LogP contribution is -2.31. The first-order valence-electron chi connectivity index (χ1n) is 6.05. The van der Waals surface area contributed by atoms with Crippen molar-refractivity contribution in [3.8, 4) is 0 Å². The lowest BCUT2D eigenvalue weighted by atomic mass is 10.2. The molecule has 0 saturated heterocycles. The molecular weight excluding hydrogens is 256 g/mol. The zero-order chi connectivity index (χ0) is 13.4. The fourth-order valence-corrected chi connectivity index (χ4v) is 2.95. The SMILES string of the molecule is C=C(C)CN1C(=O)c2cscc2Nc2ccccc21. The number of anilines is 3. The molecule has 3 rings (SSSR count). The molecule has 1 amide bonds. The summed E-state index contributed by atoms with van der Waals surface area (Å²) in [6, 6.07) is 7.85. The van der Waals surface area contributed by atoms with Gasteiger partial charge in [0, 0.05) is 17.3 Å². The van der Waals surface area contributed by atoms with E-state index in [1.54, 1.807) is 4.90 Å². The first-order valence-corrected chi connectivity index (χ1v) is 6.99. The van der Waals surface area contributed by atoms with Gasteiger partial charge >= 0.3 is 0 Å². The van der Waals surface area contributed by atoms with Crippen molar-refractivity contribution < 1.29 is 4.79 Å². The lowest BCUT2D eigenvalue weighted by molar-refractivity contribution is 0.0991. The van der Waals surface area contributed by atoms with Gasteiger partial charge in [0.2, 0.25) is 0 Å². The molecule has 1 aromatic heterocycles. The number of nitrogens with one attached hydrogen (secondary N) is 1. The van der Waals surface area contributed by atoms with Crippen LogP contribution in [0.3, 0.4) is 0 Å². The van der Waals surface area contributed by atoms with Crippen molar-refractivity contribution in [2.24, 2.45) is 0 Å². The second-order valence-corrected chi connectivity index (χ2v) is 5.43. The number of rotatable bonds is 2. The fraction of sp³-hybridized carbons (Fsp3) is 0.133. The quantitative estimate of drug-likeness (QED) is 0.836. The van der Waals surface area contributed by atoms with Gasteiger partial charge in [-0.1, -0.05) is 24.3 Å². The number of amides is 1. The summed E-state index contributed by atoms with van der Waals surface area (Å²) in [5.41, 5.74) is 4.42. The molecule has 1 aliphatic rings. The van der Waals surface area contributed by atoms with Gasteiger partial charge in [0.1, 0.15) is 0 Å². The smallest absolute Gasteiger partial charge is 0.261 e. The van der Waals surface area contributed by atoms with E-state index in [0.29, 0.717) is 6.54 Å². The van der Waals surface area contributed by atoms with Crippen LogP contribution in [-0.2, 0) is 0 Å². The van der Waals surface area contributed by atoms with E-state index in [1.807, 2.05) is 41.9 Å². The van der Waals surface area contributed by atoms with Crippen LogP contribution in [0.5, 0.6) is 0 Å². The number of hydrogen-bond donors (Lipinski definition) is 1. The van der Waals surface area contributed by atoms with E-state index in [4.69, 9.17) is 0 Å². The number of hydrogen-bond acceptors (Lipinski definition) is 3. The first kappa shape index (κ1) is 12.0. The maximum Gasteiger partial charge on any atom is 0.261 e. The van der Waals surface area contributed by atoms with Crippen molar-refractivity contribution in [2.45, 2.75) is 6.92 Å². The molecule has 19 heavy (non-hydrogen) atoms. The molecule has 0 radical (unpaired) electrons. The summed E-state index contributed by atoms with van der Waals surface area (Å²) in [6.07, 6.45) is 0. The van der Waals surface area contributed by atoms with Crippen molar-refractivity contribution in [1.82, 2.24) is 0 Å². The van der Waals surface area contributed by atoms with Crippen molar-refractivity contribution in [3.63, 3.8) is 0 Å². The van der Waals surface area contributed by atoms with Gasteiger partial charge in [0.05, 0.1) is 22.6 Å². The van der Waals surface area contributed by atoms with Crippen LogP contribution in [0, 0.1) is 0 Å². The molecule has 2 heterocycles. The fourth-order valence-electron chi connectivity index (χ4n) is 2.20. The average Bonchev–Trinajstić information content (AvgIpc) is 2.80. The number of fused-ring (bicyclic) bond motifs is 2. The Morgan fingerprint density at radius 1 is 1.32 bits per heavy atom. The van der Waals surface area contributed by atoms with Gasteiger partial charge in [-0.2, -0.15) is 0 Å². The zero-order valence-electron chi connectivity index (χ0n) is 10.6. The van der Waals surface area contributed by atoms with Gasteiger partial charge in [-0.15, -0.1) is 11.3 Å². The summed E-state index contributed by atoms with van der Waals surface area (Å²) in [6.45, 7) is 6.39. The van der Waals surface area contributed by atoms with Crippen molar-refractivity contribution in [3.05, 3.63) is 52.7 Å². The number of carbonyl (C=O) groups excluding carboxylic acids is 1. The predicted octanol–water partition coefficient (Wildman–Crippen LogP) is 4.03. The van der Waals surface area contributed by atoms with Crippen molar-refractivity contribution in [2.75, 3.05) is 16.8 Å². The molecule has 96 valence electrons. The Morgan fingerprint density at radius 2 is 2.11 bits per heavy atom. The molecule has 4 heteroatoms. The topological polar surface area (TPSA) is 32.3 Å². The predicted molar refractivity (Wildman–Crippen MR) is 80.5 cm³/mol. The van der Waals surface area contributed by atoms with E-state index < -0.39 is 0 Å². The van der Waals surface area contributed by atoms with Crippen LogP contribution in [0.15, 0.2) is 47.2 Å². The average molecular weight is 270 g/mol. The molecule has 2 aromatic rings. The summed E-state index contributed by atoms with van der Waals surface area (Å²) >= 11 is 1.53. The molecular formula is C15H14N2OS. The van der Waals surface area contributed by atoms with Crippen LogP contribution >= 0.6 is 11.3 Å². The highest BCUT2D eigenvalue weighted by Gasteiger charge is 2.26. The number of carbonyl (C=O) groups is 1. The molecule has 0 aliphatic carbocycles. The minimum atomic E-state index is 0.0247. The Kier molecular flexibility index (Phi) is 2.87. The van der Waals surface area contributed by atoms with Crippen LogP contribution in [0.25, 0.3) is 0 Å². The molecule has 0 saturated carbocycles. The lowest BCUT2D eigenvalue weighted by Gasteiger charge is -2.22. The van der Waals surface area contributed by atoms with Crippen molar-refractivity contribution >= 4 is 34.3 Å². The number of benzene rings is 1. The molecule has 1 aromatic carbocycles. The van der Waals surface area contributed by atoms with Crippen LogP contribution in [-0.4, -0.2) is 12.5 Å². The minimum Gasteiger partial charge on any atom is -0.352 e. The van der Waals surface area contributed by atoms with Gasteiger partial charge in [0.25, 0.3) is 5.91 Å². The van der Waals surface area contributed by atoms with Gasteiger partial charge in [-0.25, -0.2) is 0 Å². The Morgan fingerprint density at radius 3 is 2.89 bits per heavy atom.